The molecule has 1 aliphatic heterocycles. The number of aliphatic carboxylic acids is 1. The number of carboxylic acid groups (broad SMARTS) is 1. The molecule has 1 saturated heterocycles. The zero-order valence-electron chi connectivity index (χ0n) is 19.5. The Morgan fingerprint density at radius 1 is 1.09 bits per heavy atom. The summed E-state index contributed by atoms with van der Waals surface area (Å²) in [7, 11) is 2.82. The number of carbonyl (C=O) groups is 4. The molecule has 1 heterocycles. The van der Waals surface area contributed by atoms with Gasteiger partial charge in [0.05, 0.1) is 13.2 Å². The molecule has 0 radical (unpaired) electrons. The van der Waals surface area contributed by atoms with Gasteiger partial charge in [-0.15, -0.1) is 0 Å². The first-order valence-electron chi connectivity index (χ1n) is 11.2. The summed E-state index contributed by atoms with van der Waals surface area (Å²) in [5.74, 6) is -2.52. The van der Waals surface area contributed by atoms with Crippen LogP contribution in [0, 0.1) is 0 Å². The van der Waals surface area contributed by atoms with Crippen LogP contribution in [0.2, 0.25) is 0 Å². The van der Waals surface area contributed by atoms with Crippen molar-refractivity contribution in [1.29, 1.82) is 0 Å². The Morgan fingerprint density at radius 3 is 2.26 bits per heavy atom. The van der Waals surface area contributed by atoms with Crippen molar-refractivity contribution in [3.63, 3.8) is 0 Å². The number of benzene rings is 2. The molecule has 0 saturated carbocycles. The van der Waals surface area contributed by atoms with Crippen LogP contribution < -0.4 is 5.32 Å². The molecule has 10 nitrogen and oxygen atoms in total. The molecule has 1 unspecified atom stereocenters. The van der Waals surface area contributed by atoms with E-state index >= 15 is 0 Å². The summed E-state index contributed by atoms with van der Waals surface area (Å²) < 4.78 is 10.6. The predicted molar refractivity (Wildman–Crippen MR) is 125 cm³/mol. The quantitative estimate of drug-likeness (QED) is 0.611. The molecule has 0 bridgehead atoms. The first-order chi connectivity index (χ1) is 16.8. The molecule has 10 heteroatoms. The molecule has 184 valence electrons. The van der Waals surface area contributed by atoms with Crippen LogP contribution in [0.25, 0.3) is 11.1 Å². The summed E-state index contributed by atoms with van der Waals surface area (Å²) in [6.45, 7) is -0.710. The first kappa shape index (κ1) is 24.2. The van der Waals surface area contributed by atoms with Crippen LogP contribution in [0.4, 0.5) is 4.79 Å². The van der Waals surface area contributed by atoms with Crippen LogP contribution in [0.1, 0.15) is 17.0 Å². The second-order valence-electron chi connectivity index (χ2n) is 8.57. The van der Waals surface area contributed by atoms with Gasteiger partial charge in [-0.05, 0) is 22.3 Å². The van der Waals surface area contributed by atoms with Crippen molar-refractivity contribution in [3.8, 4) is 11.1 Å². The van der Waals surface area contributed by atoms with E-state index in [0.29, 0.717) is 0 Å². The van der Waals surface area contributed by atoms with Crippen molar-refractivity contribution in [1.82, 2.24) is 15.1 Å². The normalized spacial score (nSPS) is 18.0. The van der Waals surface area contributed by atoms with Gasteiger partial charge in [0.15, 0.2) is 0 Å². The Balaban J connectivity index is 1.45. The second-order valence-corrected chi connectivity index (χ2v) is 8.57. The minimum absolute atomic E-state index is 0.0541. The fourth-order valence-corrected chi connectivity index (χ4v) is 4.60. The highest BCUT2D eigenvalue weighted by Crippen LogP contribution is 2.44. The number of methoxy groups -OCH3 is 1. The minimum Gasteiger partial charge on any atom is -0.480 e. The lowest BCUT2D eigenvalue weighted by molar-refractivity contribution is -0.160. The molecule has 2 atom stereocenters. The predicted octanol–water partition coefficient (Wildman–Crippen LogP) is 1.29. The third-order valence-corrected chi connectivity index (χ3v) is 6.39. The summed E-state index contributed by atoms with van der Waals surface area (Å²) in [4.78, 5) is 51.8. The van der Waals surface area contributed by atoms with Gasteiger partial charge in [0.1, 0.15) is 25.2 Å². The zero-order valence-corrected chi connectivity index (χ0v) is 19.5. The molecule has 1 fully saturated rings. The SMILES string of the molecule is COC[C@H](NC(=O)OCC1c2ccccc2-c2ccccc21)C(=O)N1CC(=O)N(C)CC1C(=O)O. The number of amides is 3. The van der Waals surface area contributed by atoms with Crippen molar-refractivity contribution in [3.05, 3.63) is 59.7 Å². The molecule has 2 aromatic carbocycles. The number of carboxylic acids is 1. The van der Waals surface area contributed by atoms with Gasteiger partial charge >= 0.3 is 12.1 Å². The van der Waals surface area contributed by atoms with E-state index in [1.54, 1.807) is 0 Å². The average molecular weight is 482 g/mol. The van der Waals surface area contributed by atoms with Crippen molar-refractivity contribution in [2.45, 2.75) is 18.0 Å². The maximum Gasteiger partial charge on any atom is 0.407 e. The Kier molecular flexibility index (Phi) is 7.02. The standard InChI is InChI=1S/C25H27N3O7/c1-27-11-21(24(31)32)28(12-22(27)29)23(30)20(14-34-2)26-25(33)35-13-19-17-9-5-3-7-15(17)16-8-4-6-10-18(16)19/h3-10,19-21H,11-14H2,1-2H3,(H,26,33)(H,31,32)/t20-,21?/m0/s1. The number of ether oxygens (including phenoxy) is 2. The number of fused-ring (bicyclic) bond motifs is 3. The number of hydrogen-bond acceptors (Lipinski definition) is 6. The third-order valence-electron chi connectivity index (χ3n) is 6.39. The zero-order chi connectivity index (χ0) is 25.1. The third kappa shape index (κ3) is 4.83. The first-order valence-corrected chi connectivity index (χ1v) is 11.2. The highest BCUT2D eigenvalue weighted by Gasteiger charge is 2.41. The number of rotatable bonds is 7. The van der Waals surface area contributed by atoms with E-state index in [1.807, 2.05) is 48.5 Å². The monoisotopic (exact) mass is 481 g/mol. The van der Waals surface area contributed by atoms with Gasteiger partial charge in [0, 0.05) is 20.1 Å². The van der Waals surface area contributed by atoms with E-state index in [-0.39, 0.29) is 25.7 Å². The Hall–Kier alpha value is -3.92. The van der Waals surface area contributed by atoms with E-state index in [4.69, 9.17) is 9.47 Å². The molecule has 2 aromatic rings. The van der Waals surface area contributed by atoms with E-state index in [0.717, 1.165) is 27.2 Å². The number of piperazine rings is 1. The molecule has 2 aliphatic rings. The van der Waals surface area contributed by atoms with E-state index in [1.165, 1.54) is 19.1 Å². The lowest BCUT2D eigenvalue weighted by Gasteiger charge is -2.38. The van der Waals surface area contributed by atoms with Gasteiger partial charge in [-0.25, -0.2) is 9.59 Å². The number of carbonyl (C=O) groups excluding carboxylic acids is 3. The summed E-state index contributed by atoms with van der Waals surface area (Å²) in [5.41, 5.74) is 4.27. The second kappa shape index (κ2) is 10.1. The van der Waals surface area contributed by atoms with E-state index < -0.39 is 42.5 Å². The van der Waals surface area contributed by atoms with Gasteiger partial charge in [-0.1, -0.05) is 48.5 Å². The lowest BCUT2D eigenvalue weighted by Crippen LogP contribution is -2.63. The molecule has 2 N–H and O–H groups in total. The van der Waals surface area contributed by atoms with Crippen LogP contribution in [0.3, 0.4) is 0 Å². The topological polar surface area (TPSA) is 125 Å². The Labute approximate surface area is 202 Å². The van der Waals surface area contributed by atoms with E-state index in [2.05, 4.69) is 5.32 Å². The van der Waals surface area contributed by atoms with Gasteiger partial charge in [0.2, 0.25) is 11.8 Å². The number of alkyl carbamates (subject to hydrolysis) is 1. The number of likely N-dealkylation sites (N-methyl/N-ethyl adjacent to an activating group) is 1. The minimum atomic E-state index is -1.24. The van der Waals surface area contributed by atoms with Crippen LogP contribution in [-0.4, -0.2) is 91.3 Å². The molecule has 4 rings (SSSR count). The lowest BCUT2D eigenvalue weighted by atomic mass is 9.98. The summed E-state index contributed by atoms with van der Waals surface area (Å²) in [5, 5.41) is 12.0. The van der Waals surface area contributed by atoms with Gasteiger partial charge in [-0.3, -0.25) is 9.59 Å². The largest absolute Gasteiger partial charge is 0.480 e. The molecule has 3 amide bonds. The molecule has 1 aliphatic carbocycles. The van der Waals surface area contributed by atoms with Gasteiger partial charge in [0.25, 0.3) is 0 Å². The molecule has 0 spiro atoms. The van der Waals surface area contributed by atoms with Crippen molar-refractivity contribution < 1.29 is 33.8 Å². The molecular weight excluding hydrogens is 454 g/mol. The fourth-order valence-electron chi connectivity index (χ4n) is 4.60. The molecule has 0 aromatic heterocycles. The molecular formula is C25H27N3O7. The summed E-state index contributed by atoms with van der Waals surface area (Å²) in [6, 6.07) is 13.4. The van der Waals surface area contributed by atoms with Crippen LogP contribution in [-0.2, 0) is 23.9 Å². The number of nitrogens with one attached hydrogen (secondary N) is 1. The Bertz CT molecular complexity index is 1110. The van der Waals surface area contributed by atoms with Gasteiger partial charge < -0.3 is 29.7 Å². The van der Waals surface area contributed by atoms with Crippen molar-refractivity contribution >= 4 is 23.9 Å². The smallest absolute Gasteiger partial charge is 0.407 e. The maximum absolute atomic E-state index is 13.1. The van der Waals surface area contributed by atoms with Crippen LogP contribution >= 0.6 is 0 Å². The van der Waals surface area contributed by atoms with Gasteiger partial charge in [-0.2, -0.15) is 0 Å². The fraction of sp³-hybridized carbons (Fsp3) is 0.360. The van der Waals surface area contributed by atoms with Crippen LogP contribution in [0.5, 0.6) is 0 Å². The van der Waals surface area contributed by atoms with Crippen molar-refractivity contribution in [2.24, 2.45) is 0 Å². The number of hydrogen-bond donors (Lipinski definition) is 2. The average Bonchev–Trinajstić information content (AvgIpc) is 3.17. The molecule has 35 heavy (non-hydrogen) atoms. The maximum atomic E-state index is 13.1. The van der Waals surface area contributed by atoms with E-state index in [9.17, 15) is 24.3 Å². The van der Waals surface area contributed by atoms with Crippen LogP contribution in [0.15, 0.2) is 48.5 Å². The summed E-state index contributed by atoms with van der Waals surface area (Å²) >= 11 is 0. The number of nitrogens with zero attached hydrogens (tertiary/aromatic N) is 2. The highest BCUT2D eigenvalue weighted by molar-refractivity contribution is 5.94. The Morgan fingerprint density at radius 2 is 1.69 bits per heavy atom. The summed E-state index contributed by atoms with van der Waals surface area (Å²) in [6.07, 6.45) is -0.838. The highest BCUT2D eigenvalue weighted by atomic mass is 16.5. The van der Waals surface area contributed by atoms with Crippen molar-refractivity contribution in [2.75, 3.05) is 40.5 Å².